The molecule has 3 heteroatoms. The lowest BCUT2D eigenvalue weighted by atomic mass is 9.92. The predicted octanol–water partition coefficient (Wildman–Crippen LogP) is 5.01. The van der Waals surface area contributed by atoms with Gasteiger partial charge in [-0.1, -0.05) is 33.6 Å². The summed E-state index contributed by atoms with van der Waals surface area (Å²) in [7, 11) is 0. The second-order valence-corrected chi connectivity index (χ2v) is 6.03. The molecule has 0 saturated carbocycles. The first-order valence-electron chi connectivity index (χ1n) is 7.99. The minimum absolute atomic E-state index is 0.293. The molecule has 118 valence electrons. The molecular formula is C18H28O3. The maximum atomic E-state index is 10.7. The zero-order chi connectivity index (χ0) is 15.7. The maximum Gasteiger partial charge on any atom is 0.335 e. The highest BCUT2D eigenvalue weighted by Gasteiger charge is 2.07. The highest BCUT2D eigenvalue weighted by atomic mass is 16.5. The van der Waals surface area contributed by atoms with Crippen LogP contribution in [-0.2, 0) is 0 Å². The monoisotopic (exact) mass is 292 g/mol. The number of ether oxygens (including phenoxy) is 1. The average Bonchev–Trinajstić information content (AvgIpc) is 2.47. The first-order chi connectivity index (χ1) is 10.0. The fourth-order valence-electron chi connectivity index (χ4n) is 2.45. The summed E-state index contributed by atoms with van der Waals surface area (Å²) < 4.78 is 5.63. The van der Waals surface area contributed by atoms with E-state index in [9.17, 15) is 4.79 Å². The van der Waals surface area contributed by atoms with Gasteiger partial charge < -0.3 is 9.84 Å². The van der Waals surface area contributed by atoms with E-state index in [4.69, 9.17) is 9.84 Å². The minimum Gasteiger partial charge on any atom is -0.494 e. The van der Waals surface area contributed by atoms with Crippen molar-refractivity contribution in [2.45, 2.75) is 52.9 Å². The van der Waals surface area contributed by atoms with Crippen molar-refractivity contribution < 1.29 is 14.6 Å². The summed E-state index contributed by atoms with van der Waals surface area (Å²) in [4.78, 5) is 10.7. The Balaban J connectivity index is 2.15. The molecule has 1 aromatic carbocycles. The van der Waals surface area contributed by atoms with E-state index in [1.165, 1.54) is 25.7 Å². The topological polar surface area (TPSA) is 46.5 Å². The van der Waals surface area contributed by atoms with Crippen LogP contribution < -0.4 is 4.74 Å². The molecule has 1 aromatic rings. The summed E-state index contributed by atoms with van der Waals surface area (Å²) in [5.74, 6) is 1.45. The Morgan fingerprint density at radius 2 is 1.81 bits per heavy atom. The maximum absolute atomic E-state index is 10.7. The zero-order valence-electron chi connectivity index (χ0n) is 13.5. The fraction of sp³-hybridized carbons (Fsp3) is 0.611. The SMILES string of the molecule is CCC(C)CC(C)CCCCOc1ccc(C(=O)O)cc1. The van der Waals surface area contributed by atoms with Gasteiger partial charge in [0.2, 0.25) is 0 Å². The van der Waals surface area contributed by atoms with Gasteiger partial charge in [0.15, 0.2) is 0 Å². The molecule has 0 radical (unpaired) electrons. The molecule has 0 aliphatic carbocycles. The van der Waals surface area contributed by atoms with E-state index < -0.39 is 5.97 Å². The summed E-state index contributed by atoms with van der Waals surface area (Å²) in [6.45, 7) is 7.60. The van der Waals surface area contributed by atoms with Gasteiger partial charge in [-0.3, -0.25) is 0 Å². The number of unbranched alkanes of at least 4 members (excludes halogenated alkanes) is 1. The molecule has 1 N–H and O–H groups in total. The molecule has 0 saturated heterocycles. The summed E-state index contributed by atoms with van der Waals surface area (Å²) in [6, 6.07) is 6.59. The number of benzene rings is 1. The van der Waals surface area contributed by atoms with Gasteiger partial charge in [0, 0.05) is 0 Å². The third-order valence-corrected chi connectivity index (χ3v) is 3.96. The predicted molar refractivity (Wildman–Crippen MR) is 86.0 cm³/mol. The molecule has 0 aliphatic heterocycles. The van der Waals surface area contributed by atoms with Gasteiger partial charge in [0.25, 0.3) is 0 Å². The van der Waals surface area contributed by atoms with Crippen molar-refractivity contribution in [2.75, 3.05) is 6.61 Å². The van der Waals surface area contributed by atoms with Crippen LogP contribution in [0.3, 0.4) is 0 Å². The van der Waals surface area contributed by atoms with Crippen molar-refractivity contribution >= 4 is 5.97 Å². The van der Waals surface area contributed by atoms with Gasteiger partial charge in [0.1, 0.15) is 5.75 Å². The van der Waals surface area contributed by atoms with E-state index in [-0.39, 0.29) is 0 Å². The molecule has 0 heterocycles. The van der Waals surface area contributed by atoms with Crippen LogP contribution in [0.4, 0.5) is 0 Å². The smallest absolute Gasteiger partial charge is 0.335 e. The summed E-state index contributed by atoms with van der Waals surface area (Å²) in [5, 5.41) is 8.81. The Bertz CT molecular complexity index is 411. The number of rotatable bonds is 10. The molecule has 0 amide bonds. The number of hydrogen-bond donors (Lipinski definition) is 1. The van der Waals surface area contributed by atoms with Gasteiger partial charge >= 0.3 is 5.97 Å². The van der Waals surface area contributed by atoms with Gasteiger partial charge in [-0.2, -0.15) is 0 Å². The van der Waals surface area contributed by atoms with Crippen LogP contribution in [0, 0.1) is 11.8 Å². The first kappa shape index (κ1) is 17.5. The average molecular weight is 292 g/mol. The van der Waals surface area contributed by atoms with Crippen molar-refractivity contribution in [2.24, 2.45) is 11.8 Å². The third-order valence-electron chi connectivity index (χ3n) is 3.96. The Morgan fingerprint density at radius 1 is 1.14 bits per heavy atom. The molecular weight excluding hydrogens is 264 g/mol. The number of hydrogen-bond acceptors (Lipinski definition) is 2. The molecule has 21 heavy (non-hydrogen) atoms. The third kappa shape index (κ3) is 7.16. The molecule has 0 aromatic heterocycles. The van der Waals surface area contributed by atoms with Gasteiger partial charge in [-0.15, -0.1) is 0 Å². The Hall–Kier alpha value is -1.51. The number of carboxylic acids is 1. The number of carboxylic acid groups (broad SMARTS) is 1. The van der Waals surface area contributed by atoms with Crippen LogP contribution in [0.2, 0.25) is 0 Å². The van der Waals surface area contributed by atoms with Crippen LogP contribution in [-0.4, -0.2) is 17.7 Å². The van der Waals surface area contributed by atoms with E-state index in [0.29, 0.717) is 12.2 Å². The van der Waals surface area contributed by atoms with Crippen LogP contribution in [0.5, 0.6) is 5.75 Å². The standard InChI is InChI=1S/C18H28O3/c1-4-14(2)13-15(3)7-5-6-12-21-17-10-8-16(9-11-17)18(19)20/h8-11,14-15H,4-7,12-13H2,1-3H3,(H,19,20). The molecule has 3 nitrogen and oxygen atoms in total. The summed E-state index contributed by atoms with van der Waals surface area (Å²) >= 11 is 0. The van der Waals surface area contributed by atoms with Gasteiger partial charge in [-0.05, 0) is 55.4 Å². The molecule has 0 fully saturated rings. The normalized spacial score (nSPS) is 13.7. The Kier molecular flexibility index (Phi) is 7.88. The Labute approximate surface area is 128 Å². The lowest BCUT2D eigenvalue weighted by Crippen LogP contribution is -2.04. The molecule has 2 atom stereocenters. The zero-order valence-corrected chi connectivity index (χ0v) is 13.5. The van der Waals surface area contributed by atoms with E-state index in [1.807, 2.05) is 0 Å². The lowest BCUT2D eigenvalue weighted by Gasteiger charge is -2.15. The summed E-state index contributed by atoms with van der Waals surface area (Å²) in [5.41, 5.74) is 0.293. The molecule has 0 bridgehead atoms. The van der Waals surface area contributed by atoms with Gasteiger partial charge in [-0.25, -0.2) is 4.79 Å². The quantitative estimate of drug-likeness (QED) is 0.617. The number of carbonyl (C=O) groups is 1. The molecule has 1 rings (SSSR count). The van der Waals surface area contributed by atoms with Crippen molar-refractivity contribution in [3.8, 4) is 5.75 Å². The van der Waals surface area contributed by atoms with Crippen LogP contribution in [0.25, 0.3) is 0 Å². The molecule has 0 spiro atoms. The lowest BCUT2D eigenvalue weighted by molar-refractivity contribution is 0.0697. The van der Waals surface area contributed by atoms with Crippen molar-refractivity contribution in [1.82, 2.24) is 0 Å². The largest absolute Gasteiger partial charge is 0.494 e. The highest BCUT2D eigenvalue weighted by molar-refractivity contribution is 5.87. The van der Waals surface area contributed by atoms with Crippen LogP contribution in [0.1, 0.15) is 63.2 Å². The summed E-state index contributed by atoms with van der Waals surface area (Å²) in [6.07, 6.45) is 6.07. The fourth-order valence-corrected chi connectivity index (χ4v) is 2.45. The molecule has 2 unspecified atom stereocenters. The van der Waals surface area contributed by atoms with Gasteiger partial charge in [0.05, 0.1) is 12.2 Å². The van der Waals surface area contributed by atoms with Crippen molar-refractivity contribution in [3.63, 3.8) is 0 Å². The highest BCUT2D eigenvalue weighted by Crippen LogP contribution is 2.20. The van der Waals surface area contributed by atoms with E-state index in [2.05, 4.69) is 20.8 Å². The van der Waals surface area contributed by atoms with Crippen molar-refractivity contribution in [3.05, 3.63) is 29.8 Å². The Morgan fingerprint density at radius 3 is 2.38 bits per heavy atom. The minimum atomic E-state index is -0.906. The van der Waals surface area contributed by atoms with Crippen molar-refractivity contribution in [1.29, 1.82) is 0 Å². The van der Waals surface area contributed by atoms with E-state index in [0.717, 1.165) is 24.0 Å². The number of aromatic carboxylic acids is 1. The second-order valence-electron chi connectivity index (χ2n) is 6.03. The van der Waals surface area contributed by atoms with E-state index >= 15 is 0 Å². The van der Waals surface area contributed by atoms with Crippen LogP contribution >= 0.6 is 0 Å². The van der Waals surface area contributed by atoms with E-state index in [1.54, 1.807) is 24.3 Å². The van der Waals surface area contributed by atoms with Crippen LogP contribution in [0.15, 0.2) is 24.3 Å². The second kappa shape index (κ2) is 9.43. The first-order valence-corrected chi connectivity index (χ1v) is 7.99. The molecule has 0 aliphatic rings.